The average Bonchev–Trinajstić information content (AvgIpc) is 2.36. The van der Waals surface area contributed by atoms with Crippen molar-refractivity contribution in [1.82, 2.24) is 10.2 Å². The molecule has 0 spiro atoms. The van der Waals surface area contributed by atoms with E-state index in [1.807, 2.05) is 6.92 Å². The summed E-state index contributed by atoms with van der Waals surface area (Å²) in [5.41, 5.74) is 0. The molecule has 0 aromatic rings. The van der Waals surface area contributed by atoms with Crippen LogP contribution >= 0.6 is 0 Å². The van der Waals surface area contributed by atoms with Gasteiger partial charge in [0.15, 0.2) is 0 Å². The topological polar surface area (TPSA) is 78.9 Å². The SMILES string of the molecule is COCC(C)CNC(=O)N1CCCCC1C(=O)O. The maximum absolute atomic E-state index is 11.9. The Hall–Kier alpha value is -1.30. The van der Waals surface area contributed by atoms with Crippen molar-refractivity contribution in [3.8, 4) is 0 Å². The van der Waals surface area contributed by atoms with Gasteiger partial charge in [-0.05, 0) is 25.2 Å². The third-order valence-electron chi connectivity index (χ3n) is 3.10. The van der Waals surface area contributed by atoms with E-state index in [0.29, 0.717) is 26.1 Å². The Balaban J connectivity index is 2.45. The molecular weight excluding hydrogens is 236 g/mol. The first-order valence-electron chi connectivity index (χ1n) is 6.32. The van der Waals surface area contributed by atoms with Crippen LogP contribution in [-0.4, -0.2) is 54.9 Å². The van der Waals surface area contributed by atoms with Gasteiger partial charge in [0, 0.05) is 20.2 Å². The number of urea groups is 1. The number of aliphatic carboxylic acids is 1. The lowest BCUT2D eigenvalue weighted by Gasteiger charge is -2.33. The van der Waals surface area contributed by atoms with Crippen molar-refractivity contribution in [1.29, 1.82) is 0 Å². The molecule has 0 aromatic heterocycles. The maximum atomic E-state index is 11.9. The van der Waals surface area contributed by atoms with Crippen molar-refractivity contribution in [2.75, 3.05) is 26.8 Å². The van der Waals surface area contributed by atoms with Gasteiger partial charge in [0.2, 0.25) is 0 Å². The van der Waals surface area contributed by atoms with Crippen LogP contribution in [0.2, 0.25) is 0 Å². The van der Waals surface area contributed by atoms with Crippen LogP contribution in [0.15, 0.2) is 0 Å². The fourth-order valence-electron chi connectivity index (χ4n) is 2.14. The Bertz CT molecular complexity index is 296. The minimum absolute atomic E-state index is 0.215. The van der Waals surface area contributed by atoms with E-state index in [0.717, 1.165) is 12.8 Å². The average molecular weight is 258 g/mol. The second kappa shape index (κ2) is 7.20. The van der Waals surface area contributed by atoms with E-state index in [1.54, 1.807) is 7.11 Å². The van der Waals surface area contributed by atoms with Crippen LogP contribution in [0.1, 0.15) is 26.2 Å². The minimum Gasteiger partial charge on any atom is -0.480 e. The summed E-state index contributed by atoms with van der Waals surface area (Å²) in [5.74, 6) is -0.707. The van der Waals surface area contributed by atoms with Crippen LogP contribution in [0.5, 0.6) is 0 Å². The molecule has 6 heteroatoms. The summed E-state index contributed by atoms with van der Waals surface area (Å²) in [4.78, 5) is 24.4. The number of hydrogen-bond donors (Lipinski definition) is 2. The number of likely N-dealkylation sites (tertiary alicyclic amines) is 1. The fraction of sp³-hybridized carbons (Fsp3) is 0.833. The van der Waals surface area contributed by atoms with Gasteiger partial charge in [-0.3, -0.25) is 0 Å². The number of carbonyl (C=O) groups is 2. The van der Waals surface area contributed by atoms with Crippen molar-refractivity contribution in [2.45, 2.75) is 32.2 Å². The number of carboxylic acid groups (broad SMARTS) is 1. The van der Waals surface area contributed by atoms with Crippen LogP contribution in [0.25, 0.3) is 0 Å². The smallest absolute Gasteiger partial charge is 0.326 e. The standard InChI is InChI=1S/C12H22N2O4/c1-9(8-18-2)7-13-12(17)14-6-4-3-5-10(14)11(15)16/h9-10H,3-8H2,1-2H3,(H,13,17)(H,15,16). The van der Waals surface area contributed by atoms with Gasteiger partial charge < -0.3 is 20.1 Å². The van der Waals surface area contributed by atoms with Gasteiger partial charge in [0.1, 0.15) is 6.04 Å². The summed E-state index contributed by atoms with van der Waals surface area (Å²) in [6.45, 7) is 3.55. The maximum Gasteiger partial charge on any atom is 0.326 e. The first kappa shape index (κ1) is 14.8. The molecule has 6 nitrogen and oxygen atoms in total. The van der Waals surface area contributed by atoms with E-state index < -0.39 is 12.0 Å². The van der Waals surface area contributed by atoms with E-state index in [2.05, 4.69) is 5.32 Å². The summed E-state index contributed by atoms with van der Waals surface area (Å²) in [6.07, 6.45) is 2.27. The number of ether oxygens (including phenoxy) is 1. The van der Waals surface area contributed by atoms with Gasteiger partial charge in [0.05, 0.1) is 6.61 Å². The summed E-state index contributed by atoms with van der Waals surface area (Å²) in [6, 6.07) is -0.971. The van der Waals surface area contributed by atoms with Crippen LogP contribution in [-0.2, 0) is 9.53 Å². The van der Waals surface area contributed by atoms with Gasteiger partial charge in [-0.2, -0.15) is 0 Å². The highest BCUT2D eigenvalue weighted by molar-refractivity contribution is 5.82. The van der Waals surface area contributed by atoms with Crippen molar-refractivity contribution in [2.24, 2.45) is 5.92 Å². The van der Waals surface area contributed by atoms with Gasteiger partial charge in [-0.1, -0.05) is 6.92 Å². The summed E-state index contributed by atoms with van der Waals surface area (Å²) >= 11 is 0. The summed E-state index contributed by atoms with van der Waals surface area (Å²) in [7, 11) is 1.61. The number of amides is 2. The van der Waals surface area contributed by atoms with E-state index >= 15 is 0 Å². The molecule has 0 aliphatic carbocycles. The Kier molecular flexibility index (Phi) is 5.91. The molecule has 1 rings (SSSR count). The zero-order chi connectivity index (χ0) is 13.5. The zero-order valence-corrected chi connectivity index (χ0v) is 11.0. The minimum atomic E-state index is -0.921. The number of nitrogens with zero attached hydrogens (tertiary/aromatic N) is 1. The van der Waals surface area contributed by atoms with Crippen molar-refractivity contribution in [3.05, 3.63) is 0 Å². The second-order valence-corrected chi connectivity index (χ2v) is 4.79. The predicted molar refractivity (Wildman–Crippen MR) is 66.4 cm³/mol. The number of nitrogens with one attached hydrogen (secondary N) is 1. The largest absolute Gasteiger partial charge is 0.480 e. The fourth-order valence-corrected chi connectivity index (χ4v) is 2.14. The molecule has 1 aliphatic rings. The van der Waals surface area contributed by atoms with E-state index in [9.17, 15) is 9.59 Å². The van der Waals surface area contributed by atoms with Gasteiger partial charge in [-0.25, -0.2) is 9.59 Å². The zero-order valence-electron chi connectivity index (χ0n) is 11.0. The first-order chi connectivity index (χ1) is 8.56. The number of carboxylic acids is 1. The van der Waals surface area contributed by atoms with Crippen LogP contribution in [0.4, 0.5) is 4.79 Å². The normalized spacial score (nSPS) is 21.4. The van der Waals surface area contributed by atoms with E-state index in [4.69, 9.17) is 9.84 Å². The summed E-state index contributed by atoms with van der Waals surface area (Å²) in [5, 5.41) is 11.8. The Morgan fingerprint density at radius 3 is 2.83 bits per heavy atom. The molecule has 2 N–H and O–H groups in total. The third-order valence-corrected chi connectivity index (χ3v) is 3.10. The quantitative estimate of drug-likeness (QED) is 0.768. The monoisotopic (exact) mass is 258 g/mol. The molecule has 2 amide bonds. The van der Waals surface area contributed by atoms with Gasteiger partial charge >= 0.3 is 12.0 Å². The van der Waals surface area contributed by atoms with Crippen molar-refractivity contribution in [3.63, 3.8) is 0 Å². The molecule has 1 aliphatic heterocycles. The molecular formula is C12H22N2O4. The molecule has 2 unspecified atom stereocenters. The molecule has 1 fully saturated rings. The Morgan fingerprint density at radius 1 is 1.50 bits per heavy atom. The third kappa shape index (κ3) is 4.18. The van der Waals surface area contributed by atoms with E-state index in [-0.39, 0.29) is 11.9 Å². The molecule has 104 valence electrons. The number of hydrogen-bond acceptors (Lipinski definition) is 3. The molecule has 0 bridgehead atoms. The lowest BCUT2D eigenvalue weighted by atomic mass is 10.0. The number of piperidine rings is 1. The number of rotatable bonds is 5. The summed E-state index contributed by atoms with van der Waals surface area (Å²) < 4.78 is 4.98. The van der Waals surface area contributed by atoms with Crippen molar-refractivity contribution >= 4 is 12.0 Å². The molecule has 1 heterocycles. The Labute approximate surface area is 107 Å². The highest BCUT2D eigenvalue weighted by Gasteiger charge is 2.31. The molecule has 18 heavy (non-hydrogen) atoms. The first-order valence-corrected chi connectivity index (χ1v) is 6.32. The van der Waals surface area contributed by atoms with Crippen LogP contribution in [0.3, 0.4) is 0 Å². The van der Waals surface area contributed by atoms with E-state index in [1.165, 1.54) is 4.90 Å². The lowest BCUT2D eigenvalue weighted by Crippen LogP contribution is -2.52. The Morgan fingerprint density at radius 2 is 2.22 bits per heavy atom. The van der Waals surface area contributed by atoms with Crippen molar-refractivity contribution < 1.29 is 19.4 Å². The highest BCUT2D eigenvalue weighted by atomic mass is 16.5. The van der Waals surface area contributed by atoms with Crippen LogP contribution < -0.4 is 5.32 Å². The van der Waals surface area contributed by atoms with Crippen LogP contribution in [0, 0.1) is 5.92 Å². The molecule has 1 saturated heterocycles. The predicted octanol–water partition coefficient (Wildman–Crippen LogP) is 0.918. The highest BCUT2D eigenvalue weighted by Crippen LogP contribution is 2.17. The molecule has 2 atom stereocenters. The van der Waals surface area contributed by atoms with Gasteiger partial charge in [0.25, 0.3) is 0 Å². The molecule has 0 aromatic carbocycles. The van der Waals surface area contributed by atoms with Gasteiger partial charge in [-0.15, -0.1) is 0 Å². The molecule has 0 saturated carbocycles. The number of methoxy groups -OCH3 is 1. The second-order valence-electron chi connectivity index (χ2n) is 4.79. The lowest BCUT2D eigenvalue weighted by molar-refractivity contribution is -0.143. The number of carbonyl (C=O) groups excluding carboxylic acids is 1. The molecule has 0 radical (unpaired) electrons.